The van der Waals surface area contributed by atoms with Gasteiger partial charge in [-0.3, -0.25) is 4.79 Å². The van der Waals surface area contributed by atoms with Gasteiger partial charge in [-0.2, -0.15) is 5.26 Å². The van der Waals surface area contributed by atoms with Crippen LogP contribution in [0, 0.1) is 11.3 Å². The molecule has 0 aliphatic heterocycles. The van der Waals surface area contributed by atoms with Crippen molar-refractivity contribution >= 4 is 17.6 Å². The number of hydrogen-bond donors (Lipinski definition) is 1. The lowest BCUT2D eigenvalue weighted by Gasteiger charge is -2.09. The molecule has 16 heavy (non-hydrogen) atoms. The van der Waals surface area contributed by atoms with Crippen molar-refractivity contribution in [3.63, 3.8) is 0 Å². The molecule has 1 aromatic rings. The lowest BCUT2D eigenvalue weighted by Crippen LogP contribution is -2.33. The fourth-order valence-electron chi connectivity index (χ4n) is 1.26. The van der Waals surface area contributed by atoms with Gasteiger partial charge in [-0.1, -0.05) is 17.7 Å². The summed E-state index contributed by atoms with van der Waals surface area (Å²) in [6.07, 6.45) is 0.331. The van der Waals surface area contributed by atoms with Crippen molar-refractivity contribution in [3.05, 3.63) is 34.3 Å². The molecule has 0 aromatic heterocycles. The van der Waals surface area contributed by atoms with E-state index < -0.39 is 12.0 Å². The third kappa shape index (κ3) is 2.96. The van der Waals surface area contributed by atoms with Gasteiger partial charge < -0.3 is 10.5 Å². The van der Waals surface area contributed by atoms with E-state index in [4.69, 9.17) is 22.6 Å². The number of methoxy groups -OCH3 is 1. The summed E-state index contributed by atoms with van der Waals surface area (Å²) in [5.74, 6) is -0.472. The molecule has 0 aliphatic rings. The molecule has 0 saturated heterocycles. The molecule has 0 spiro atoms. The number of nitriles is 1. The largest absolute Gasteiger partial charge is 0.468 e. The first-order valence-electron chi connectivity index (χ1n) is 4.60. The van der Waals surface area contributed by atoms with E-state index in [-0.39, 0.29) is 0 Å². The molecule has 0 fully saturated rings. The average molecular weight is 239 g/mol. The van der Waals surface area contributed by atoms with E-state index in [1.807, 2.05) is 6.07 Å². The van der Waals surface area contributed by atoms with E-state index in [1.54, 1.807) is 18.2 Å². The highest BCUT2D eigenvalue weighted by Crippen LogP contribution is 2.17. The van der Waals surface area contributed by atoms with Gasteiger partial charge in [-0.05, 0) is 24.1 Å². The summed E-state index contributed by atoms with van der Waals surface area (Å²) in [4.78, 5) is 11.1. The molecular formula is C11H11ClN2O2. The summed E-state index contributed by atoms with van der Waals surface area (Å²) in [5.41, 5.74) is 6.79. The summed E-state index contributed by atoms with van der Waals surface area (Å²) in [5, 5.41) is 9.04. The van der Waals surface area contributed by atoms with Crippen molar-refractivity contribution < 1.29 is 9.53 Å². The van der Waals surface area contributed by atoms with Crippen molar-refractivity contribution in [1.29, 1.82) is 5.26 Å². The van der Waals surface area contributed by atoms with Gasteiger partial charge in [0.05, 0.1) is 17.7 Å². The van der Waals surface area contributed by atoms with Gasteiger partial charge in [0, 0.05) is 0 Å². The zero-order valence-corrected chi connectivity index (χ0v) is 9.49. The van der Waals surface area contributed by atoms with Crippen molar-refractivity contribution in [2.24, 2.45) is 5.73 Å². The van der Waals surface area contributed by atoms with Crippen LogP contribution in [0.3, 0.4) is 0 Å². The Balaban J connectivity index is 2.80. The Morgan fingerprint density at radius 1 is 1.69 bits per heavy atom. The molecule has 1 rings (SSSR count). The summed E-state index contributed by atoms with van der Waals surface area (Å²) < 4.78 is 4.51. The number of esters is 1. The highest BCUT2D eigenvalue weighted by Gasteiger charge is 2.14. The Labute approximate surface area is 98.6 Å². The molecular weight excluding hydrogens is 228 g/mol. The fraction of sp³-hybridized carbons (Fsp3) is 0.273. The molecule has 0 radical (unpaired) electrons. The van der Waals surface area contributed by atoms with Gasteiger partial charge >= 0.3 is 5.97 Å². The fourth-order valence-corrected chi connectivity index (χ4v) is 1.51. The van der Waals surface area contributed by atoms with Crippen LogP contribution >= 0.6 is 11.6 Å². The number of carbonyl (C=O) groups is 1. The first-order valence-corrected chi connectivity index (χ1v) is 4.98. The standard InChI is InChI=1S/C11H11ClN2O2/c1-16-11(15)10(14)5-7-2-3-8(6-13)9(12)4-7/h2-4,10H,5,14H2,1H3/t10-/m0/s1. The second-order valence-corrected chi connectivity index (χ2v) is 3.67. The number of nitrogens with zero attached hydrogens (tertiary/aromatic N) is 1. The van der Waals surface area contributed by atoms with Crippen molar-refractivity contribution in [2.75, 3.05) is 7.11 Å². The zero-order chi connectivity index (χ0) is 12.1. The molecule has 84 valence electrons. The summed E-state index contributed by atoms with van der Waals surface area (Å²) in [6.45, 7) is 0. The average Bonchev–Trinajstić information content (AvgIpc) is 2.28. The molecule has 1 atom stereocenters. The summed E-state index contributed by atoms with van der Waals surface area (Å²) in [6, 6.07) is 6.18. The quantitative estimate of drug-likeness (QED) is 0.805. The number of halogens is 1. The maximum absolute atomic E-state index is 11.1. The van der Waals surface area contributed by atoms with Gasteiger partial charge in [-0.25, -0.2) is 0 Å². The molecule has 5 heteroatoms. The van der Waals surface area contributed by atoms with Crippen LogP contribution in [0.4, 0.5) is 0 Å². The van der Waals surface area contributed by atoms with Gasteiger partial charge in [0.2, 0.25) is 0 Å². The minimum atomic E-state index is -0.714. The lowest BCUT2D eigenvalue weighted by atomic mass is 10.1. The Morgan fingerprint density at radius 3 is 2.88 bits per heavy atom. The molecule has 2 N–H and O–H groups in total. The lowest BCUT2D eigenvalue weighted by molar-refractivity contribution is -0.142. The summed E-state index contributed by atoms with van der Waals surface area (Å²) in [7, 11) is 1.29. The van der Waals surface area contributed by atoms with E-state index >= 15 is 0 Å². The highest BCUT2D eigenvalue weighted by atomic mass is 35.5. The Morgan fingerprint density at radius 2 is 2.38 bits per heavy atom. The molecule has 1 aromatic carbocycles. The Hall–Kier alpha value is -1.57. The molecule has 0 bridgehead atoms. The normalized spacial score (nSPS) is 11.6. The number of carbonyl (C=O) groups excluding carboxylic acids is 1. The number of rotatable bonds is 3. The van der Waals surface area contributed by atoms with Crippen molar-refractivity contribution in [3.8, 4) is 6.07 Å². The molecule has 0 amide bonds. The number of benzene rings is 1. The van der Waals surface area contributed by atoms with Crippen LogP contribution in [0.1, 0.15) is 11.1 Å². The predicted octanol–water partition coefficient (Wildman–Crippen LogP) is 1.25. The maximum Gasteiger partial charge on any atom is 0.322 e. The highest BCUT2D eigenvalue weighted by molar-refractivity contribution is 6.31. The van der Waals surface area contributed by atoms with Crippen molar-refractivity contribution in [1.82, 2.24) is 0 Å². The van der Waals surface area contributed by atoms with E-state index in [9.17, 15) is 4.79 Å². The van der Waals surface area contributed by atoms with Crippen LogP contribution in [0.2, 0.25) is 5.02 Å². The Bertz CT molecular complexity index is 440. The molecule has 0 unspecified atom stereocenters. The van der Waals surface area contributed by atoms with Crippen LogP contribution in [0.15, 0.2) is 18.2 Å². The monoisotopic (exact) mass is 238 g/mol. The van der Waals surface area contributed by atoms with E-state index in [2.05, 4.69) is 4.74 Å². The topological polar surface area (TPSA) is 76.1 Å². The number of ether oxygens (including phenoxy) is 1. The Kier molecular flexibility index (Phi) is 4.29. The van der Waals surface area contributed by atoms with Gasteiger partial charge in [0.1, 0.15) is 12.1 Å². The van der Waals surface area contributed by atoms with Crippen LogP contribution in [-0.2, 0) is 16.0 Å². The van der Waals surface area contributed by atoms with Crippen LogP contribution in [-0.4, -0.2) is 19.1 Å². The van der Waals surface area contributed by atoms with E-state index in [0.717, 1.165) is 5.56 Å². The van der Waals surface area contributed by atoms with Gasteiger partial charge in [0.15, 0.2) is 0 Å². The third-order valence-electron chi connectivity index (χ3n) is 2.11. The molecule has 0 saturated carbocycles. The maximum atomic E-state index is 11.1. The summed E-state index contributed by atoms with van der Waals surface area (Å²) >= 11 is 5.85. The van der Waals surface area contributed by atoms with Crippen LogP contribution in [0.5, 0.6) is 0 Å². The minimum Gasteiger partial charge on any atom is -0.468 e. The number of hydrogen-bond acceptors (Lipinski definition) is 4. The molecule has 0 aliphatic carbocycles. The molecule has 0 heterocycles. The number of nitrogens with two attached hydrogens (primary N) is 1. The van der Waals surface area contributed by atoms with Gasteiger partial charge in [-0.15, -0.1) is 0 Å². The smallest absolute Gasteiger partial charge is 0.322 e. The van der Waals surface area contributed by atoms with Crippen molar-refractivity contribution in [2.45, 2.75) is 12.5 Å². The third-order valence-corrected chi connectivity index (χ3v) is 2.43. The van der Waals surface area contributed by atoms with Gasteiger partial charge in [0.25, 0.3) is 0 Å². The first kappa shape index (κ1) is 12.5. The molecule has 4 nitrogen and oxygen atoms in total. The zero-order valence-electron chi connectivity index (χ0n) is 8.74. The SMILES string of the molecule is COC(=O)[C@@H](N)Cc1ccc(C#N)c(Cl)c1. The van der Waals surface area contributed by atoms with Crippen LogP contribution in [0.25, 0.3) is 0 Å². The van der Waals surface area contributed by atoms with Crippen LogP contribution < -0.4 is 5.73 Å². The van der Waals surface area contributed by atoms with E-state index in [1.165, 1.54) is 7.11 Å². The first-order chi connectivity index (χ1) is 7.58. The predicted molar refractivity (Wildman–Crippen MR) is 59.9 cm³/mol. The second kappa shape index (κ2) is 5.50. The second-order valence-electron chi connectivity index (χ2n) is 3.26. The minimum absolute atomic E-state index is 0.331. The van der Waals surface area contributed by atoms with E-state index in [0.29, 0.717) is 17.0 Å².